The number of fused-ring (bicyclic) bond motifs is 3. The lowest BCUT2D eigenvalue weighted by molar-refractivity contribution is -0.276. The van der Waals surface area contributed by atoms with Gasteiger partial charge in [-0.1, -0.05) is 0 Å². The van der Waals surface area contributed by atoms with Crippen LogP contribution in [0.2, 0.25) is 0 Å². The molecule has 10 heteroatoms. The molecule has 0 saturated heterocycles. The van der Waals surface area contributed by atoms with E-state index < -0.39 is 12.2 Å². The second-order valence-corrected chi connectivity index (χ2v) is 5.11. The Bertz CT molecular complexity index is 733. The van der Waals surface area contributed by atoms with Crippen molar-refractivity contribution in [3.8, 4) is 23.0 Å². The molecule has 0 radical (unpaired) electrons. The SMILES string of the molecule is CCOC[C@@H]1COc2c(ccnc2OC(F)(F)F)-c2nnc(C)n21. The molecule has 0 amide bonds. The minimum absolute atomic E-state index is 0.0821. The molecule has 0 spiro atoms. The molecule has 0 fully saturated rings. The van der Waals surface area contributed by atoms with Crippen molar-refractivity contribution in [3.63, 3.8) is 0 Å². The Morgan fingerprint density at radius 1 is 1.38 bits per heavy atom. The summed E-state index contributed by atoms with van der Waals surface area (Å²) >= 11 is 0. The molecule has 24 heavy (non-hydrogen) atoms. The van der Waals surface area contributed by atoms with Crippen LogP contribution in [-0.2, 0) is 4.74 Å². The topological polar surface area (TPSA) is 71.3 Å². The molecule has 0 unspecified atom stereocenters. The van der Waals surface area contributed by atoms with Gasteiger partial charge in [-0.3, -0.25) is 0 Å². The number of ether oxygens (including phenoxy) is 3. The zero-order valence-corrected chi connectivity index (χ0v) is 13.0. The highest BCUT2D eigenvalue weighted by molar-refractivity contribution is 5.68. The number of aromatic nitrogens is 4. The van der Waals surface area contributed by atoms with E-state index in [-0.39, 0.29) is 18.4 Å². The minimum atomic E-state index is -4.87. The predicted octanol–water partition coefficient (Wildman–Crippen LogP) is 2.52. The van der Waals surface area contributed by atoms with Gasteiger partial charge in [0, 0.05) is 12.8 Å². The van der Waals surface area contributed by atoms with Crippen LogP contribution in [0.3, 0.4) is 0 Å². The van der Waals surface area contributed by atoms with Gasteiger partial charge in [0.25, 0.3) is 5.88 Å². The van der Waals surface area contributed by atoms with E-state index in [1.54, 1.807) is 11.5 Å². The number of nitrogens with zero attached hydrogens (tertiary/aromatic N) is 4. The van der Waals surface area contributed by atoms with E-state index in [2.05, 4.69) is 19.9 Å². The van der Waals surface area contributed by atoms with Gasteiger partial charge in [0.15, 0.2) is 11.6 Å². The van der Waals surface area contributed by atoms with E-state index in [0.29, 0.717) is 30.4 Å². The van der Waals surface area contributed by atoms with E-state index >= 15 is 0 Å². The third kappa shape index (κ3) is 3.14. The molecule has 0 saturated carbocycles. The molecule has 1 aliphatic heterocycles. The number of alkyl halides is 3. The van der Waals surface area contributed by atoms with Gasteiger partial charge in [-0.05, 0) is 19.9 Å². The van der Waals surface area contributed by atoms with Crippen molar-refractivity contribution in [2.45, 2.75) is 26.3 Å². The fourth-order valence-corrected chi connectivity index (χ4v) is 2.55. The summed E-state index contributed by atoms with van der Waals surface area (Å²) in [5.41, 5.74) is 0.337. The van der Waals surface area contributed by atoms with Crippen LogP contribution in [0, 0.1) is 6.92 Å². The molecule has 3 heterocycles. The van der Waals surface area contributed by atoms with E-state index in [9.17, 15) is 13.2 Å². The molecule has 0 aliphatic carbocycles. The third-order valence-corrected chi connectivity index (χ3v) is 3.49. The maximum Gasteiger partial charge on any atom is 0.574 e. The second kappa shape index (κ2) is 6.27. The fraction of sp³-hybridized carbons (Fsp3) is 0.500. The molecule has 7 nitrogen and oxygen atoms in total. The predicted molar refractivity (Wildman–Crippen MR) is 75.7 cm³/mol. The smallest absolute Gasteiger partial charge is 0.485 e. The first-order chi connectivity index (χ1) is 11.4. The van der Waals surface area contributed by atoms with Crippen LogP contribution in [-0.4, -0.2) is 45.9 Å². The Balaban J connectivity index is 2.06. The Kier molecular flexibility index (Phi) is 4.31. The summed E-state index contributed by atoms with van der Waals surface area (Å²) in [5.74, 6) is 0.243. The van der Waals surface area contributed by atoms with Crippen molar-refractivity contribution in [1.82, 2.24) is 19.7 Å². The monoisotopic (exact) mass is 344 g/mol. The van der Waals surface area contributed by atoms with Gasteiger partial charge >= 0.3 is 6.36 Å². The van der Waals surface area contributed by atoms with Crippen LogP contribution < -0.4 is 9.47 Å². The number of aryl methyl sites for hydroxylation is 1. The summed E-state index contributed by atoms with van der Waals surface area (Å²) in [7, 11) is 0. The molecule has 3 rings (SSSR count). The summed E-state index contributed by atoms with van der Waals surface area (Å²) in [4.78, 5) is 3.63. The molecule has 130 valence electrons. The third-order valence-electron chi connectivity index (χ3n) is 3.49. The van der Waals surface area contributed by atoms with E-state index in [1.165, 1.54) is 12.3 Å². The summed E-state index contributed by atoms with van der Waals surface area (Å²) in [6, 6.07) is 1.24. The average Bonchev–Trinajstić information content (AvgIpc) is 2.80. The Hall–Kier alpha value is -2.36. The van der Waals surface area contributed by atoms with Crippen LogP contribution in [0.5, 0.6) is 11.6 Å². The lowest BCUT2D eigenvalue weighted by atomic mass is 10.2. The maximum atomic E-state index is 12.6. The number of hydrogen-bond acceptors (Lipinski definition) is 6. The van der Waals surface area contributed by atoms with Crippen molar-refractivity contribution >= 4 is 0 Å². The Labute approximate surface area is 135 Å². The van der Waals surface area contributed by atoms with Gasteiger partial charge in [0.2, 0.25) is 0 Å². The van der Waals surface area contributed by atoms with Crippen molar-refractivity contribution in [1.29, 1.82) is 0 Å². The van der Waals surface area contributed by atoms with Crippen molar-refractivity contribution in [2.24, 2.45) is 0 Å². The van der Waals surface area contributed by atoms with E-state index in [4.69, 9.17) is 9.47 Å². The largest absolute Gasteiger partial charge is 0.574 e. The van der Waals surface area contributed by atoms with E-state index in [0.717, 1.165) is 0 Å². The highest BCUT2D eigenvalue weighted by atomic mass is 19.4. The number of rotatable bonds is 4. The molecular formula is C14H15F3N4O3. The highest BCUT2D eigenvalue weighted by Crippen LogP contribution is 2.41. The van der Waals surface area contributed by atoms with Crippen LogP contribution >= 0.6 is 0 Å². The number of pyridine rings is 1. The summed E-state index contributed by atoms with van der Waals surface area (Å²) in [5, 5.41) is 8.09. The molecule has 1 aliphatic rings. The highest BCUT2D eigenvalue weighted by Gasteiger charge is 2.36. The quantitative estimate of drug-likeness (QED) is 0.849. The first-order valence-corrected chi connectivity index (χ1v) is 7.28. The molecule has 0 aromatic carbocycles. The van der Waals surface area contributed by atoms with Crippen molar-refractivity contribution in [3.05, 3.63) is 18.1 Å². The van der Waals surface area contributed by atoms with Crippen molar-refractivity contribution in [2.75, 3.05) is 19.8 Å². The van der Waals surface area contributed by atoms with Crippen LogP contribution in [0.25, 0.3) is 11.4 Å². The van der Waals surface area contributed by atoms with Gasteiger partial charge in [0.1, 0.15) is 12.4 Å². The van der Waals surface area contributed by atoms with Gasteiger partial charge in [-0.25, -0.2) is 4.98 Å². The Morgan fingerprint density at radius 3 is 2.88 bits per heavy atom. The Morgan fingerprint density at radius 2 is 2.17 bits per heavy atom. The number of hydrogen-bond donors (Lipinski definition) is 0. The minimum Gasteiger partial charge on any atom is -0.485 e. The molecule has 0 bridgehead atoms. The molecule has 0 N–H and O–H groups in total. The normalized spacial score (nSPS) is 16.8. The fourth-order valence-electron chi connectivity index (χ4n) is 2.55. The lowest BCUT2D eigenvalue weighted by Crippen LogP contribution is -2.23. The van der Waals surface area contributed by atoms with Gasteiger partial charge < -0.3 is 18.8 Å². The van der Waals surface area contributed by atoms with Crippen molar-refractivity contribution < 1.29 is 27.4 Å². The van der Waals surface area contributed by atoms with Gasteiger partial charge in [-0.2, -0.15) is 0 Å². The van der Waals surface area contributed by atoms with Crippen LogP contribution in [0.4, 0.5) is 13.2 Å². The molecule has 2 aromatic rings. The first-order valence-electron chi connectivity index (χ1n) is 7.28. The summed E-state index contributed by atoms with van der Waals surface area (Å²) in [6.45, 7) is 4.52. The van der Waals surface area contributed by atoms with Crippen LogP contribution in [0.15, 0.2) is 12.3 Å². The van der Waals surface area contributed by atoms with Gasteiger partial charge in [-0.15, -0.1) is 23.4 Å². The molecular weight excluding hydrogens is 329 g/mol. The first kappa shape index (κ1) is 16.5. The molecule has 1 atom stereocenters. The van der Waals surface area contributed by atoms with E-state index in [1.807, 2.05) is 6.92 Å². The second-order valence-electron chi connectivity index (χ2n) is 5.11. The maximum absolute atomic E-state index is 12.6. The average molecular weight is 344 g/mol. The van der Waals surface area contributed by atoms with Gasteiger partial charge in [0.05, 0.1) is 18.2 Å². The number of halogens is 3. The zero-order chi connectivity index (χ0) is 17.3. The molecule has 2 aromatic heterocycles. The standard InChI is InChI=1S/C14H15F3N4O3/c1-3-22-6-9-7-23-11-10(12-20-19-8(2)21(9)12)4-5-18-13(11)24-14(15,16)17/h4-5,9H,3,6-7H2,1-2H3/t9-/m1/s1. The lowest BCUT2D eigenvalue weighted by Gasteiger charge is -2.18. The summed E-state index contributed by atoms with van der Waals surface area (Å²) in [6.07, 6.45) is -3.66. The zero-order valence-electron chi connectivity index (χ0n) is 13.0. The van der Waals surface area contributed by atoms with Crippen LogP contribution in [0.1, 0.15) is 18.8 Å². The summed E-state index contributed by atoms with van der Waals surface area (Å²) < 4.78 is 54.5.